The third kappa shape index (κ3) is 7.71. The SMILES string of the molecule is C=Cc1ccc(CNC(=O)C(C)(C)C)c(Cl)c1Nc1nc2cc(C(=O)N[C@H]3CC[C@H](C(F)(F)F)CC3)c(N3CCC(F)CC3)nc2n1C. The average molecular weight is 692 g/mol. The summed E-state index contributed by atoms with van der Waals surface area (Å²) >= 11 is 6.86. The van der Waals surface area contributed by atoms with Gasteiger partial charge in [-0.1, -0.05) is 57.2 Å². The Labute approximate surface area is 282 Å². The standard InChI is InChI=1S/C34H42ClF4N7O2/c1-6-19-7-8-20(18-40-31(48)33(2,3)4)26(35)27(19)43-32-42-25-17-24(30(47)41-23-11-9-21(10-12-23)34(37,38)39)28(44-29(25)45(32)5)46-15-13-22(36)14-16-46/h6-8,17,21-23H,1,9-16,18H2,2-5H3,(H,40,48)(H,41,47)(H,42,43)/t21-,23-. The van der Waals surface area contributed by atoms with Crippen molar-refractivity contribution in [1.29, 1.82) is 0 Å². The van der Waals surface area contributed by atoms with Crippen LogP contribution in [0.2, 0.25) is 5.02 Å². The Morgan fingerprint density at radius 3 is 2.33 bits per heavy atom. The molecule has 9 nitrogen and oxygen atoms in total. The first-order valence-electron chi connectivity index (χ1n) is 16.2. The van der Waals surface area contributed by atoms with Gasteiger partial charge < -0.3 is 20.9 Å². The maximum atomic E-state index is 14.1. The van der Waals surface area contributed by atoms with Crippen LogP contribution in [0.15, 0.2) is 24.8 Å². The van der Waals surface area contributed by atoms with Crippen LogP contribution in [-0.4, -0.2) is 57.8 Å². The number of benzene rings is 1. The number of hydrogen-bond donors (Lipinski definition) is 3. The molecule has 3 aromatic rings. The molecule has 1 aromatic carbocycles. The molecule has 1 aliphatic carbocycles. The molecule has 1 aliphatic heterocycles. The van der Waals surface area contributed by atoms with E-state index in [2.05, 4.69) is 22.5 Å². The van der Waals surface area contributed by atoms with Gasteiger partial charge in [0.15, 0.2) is 5.65 Å². The normalized spacial score (nSPS) is 19.3. The summed E-state index contributed by atoms with van der Waals surface area (Å²) in [6.07, 6.45) is -2.62. The van der Waals surface area contributed by atoms with Crippen LogP contribution in [0.4, 0.5) is 35.0 Å². The molecule has 0 bridgehead atoms. The molecule has 14 heteroatoms. The second kappa shape index (κ2) is 13.9. The van der Waals surface area contributed by atoms with Crippen molar-refractivity contribution in [2.24, 2.45) is 18.4 Å². The van der Waals surface area contributed by atoms with E-state index in [4.69, 9.17) is 21.6 Å². The predicted molar refractivity (Wildman–Crippen MR) is 180 cm³/mol. The maximum Gasteiger partial charge on any atom is 0.391 e. The first-order valence-corrected chi connectivity index (χ1v) is 16.6. The van der Waals surface area contributed by atoms with Crippen LogP contribution < -0.4 is 20.9 Å². The van der Waals surface area contributed by atoms with Crippen molar-refractivity contribution >= 4 is 58.1 Å². The highest BCUT2D eigenvalue weighted by molar-refractivity contribution is 6.34. The summed E-state index contributed by atoms with van der Waals surface area (Å²) in [5, 5.41) is 9.49. The van der Waals surface area contributed by atoms with Gasteiger partial charge in [0.2, 0.25) is 11.9 Å². The van der Waals surface area contributed by atoms with Crippen LogP contribution in [0.1, 0.15) is 80.8 Å². The third-order valence-electron chi connectivity index (χ3n) is 9.15. The quantitative estimate of drug-likeness (QED) is 0.212. The number of amides is 2. The Morgan fingerprint density at radius 2 is 1.73 bits per heavy atom. The number of nitrogens with one attached hydrogen (secondary N) is 3. The summed E-state index contributed by atoms with van der Waals surface area (Å²) < 4.78 is 55.5. The fourth-order valence-electron chi connectivity index (χ4n) is 6.13. The van der Waals surface area contributed by atoms with Crippen molar-refractivity contribution in [3.8, 4) is 0 Å². The van der Waals surface area contributed by atoms with E-state index in [1.807, 2.05) is 37.8 Å². The van der Waals surface area contributed by atoms with Gasteiger partial charge in [0.1, 0.15) is 17.5 Å². The van der Waals surface area contributed by atoms with Gasteiger partial charge >= 0.3 is 6.18 Å². The number of rotatable bonds is 8. The lowest BCUT2D eigenvalue weighted by Crippen LogP contribution is -2.41. The Kier molecular flexibility index (Phi) is 10.3. The van der Waals surface area contributed by atoms with Gasteiger partial charge in [-0.05, 0) is 55.7 Å². The van der Waals surface area contributed by atoms with Crippen molar-refractivity contribution in [2.75, 3.05) is 23.3 Å². The number of fused-ring (bicyclic) bond motifs is 1. The minimum atomic E-state index is -4.25. The third-order valence-corrected chi connectivity index (χ3v) is 9.58. The second-order valence-electron chi connectivity index (χ2n) is 13.7. The predicted octanol–water partition coefficient (Wildman–Crippen LogP) is 7.46. The number of nitrogens with zero attached hydrogens (tertiary/aromatic N) is 4. The molecule has 48 heavy (non-hydrogen) atoms. The number of piperidine rings is 1. The molecule has 2 aromatic heterocycles. The summed E-state index contributed by atoms with van der Waals surface area (Å²) in [5.74, 6) is -1.21. The van der Waals surface area contributed by atoms with Crippen LogP contribution >= 0.6 is 11.6 Å². The van der Waals surface area contributed by atoms with Crippen LogP contribution in [-0.2, 0) is 18.4 Å². The number of aryl methyl sites for hydroxylation is 1. The van der Waals surface area contributed by atoms with Crippen molar-refractivity contribution in [2.45, 2.75) is 84.2 Å². The molecule has 0 unspecified atom stereocenters. The van der Waals surface area contributed by atoms with Crippen molar-refractivity contribution in [1.82, 2.24) is 25.2 Å². The summed E-state index contributed by atoms with van der Waals surface area (Å²) in [6.45, 7) is 10.3. The number of carbonyl (C=O) groups excluding carboxylic acids is 2. The fraction of sp³-hybridized carbons (Fsp3) is 0.529. The minimum absolute atomic E-state index is 0.0444. The first-order chi connectivity index (χ1) is 22.6. The monoisotopic (exact) mass is 691 g/mol. The second-order valence-corrected chi connectivity index (χ2v) is 14.1. The molecular weight excluding hydrogens is 650 g/mol. The van der Waals surface area contributed by atoms with Gasteiger partial charge in [-0.3, -0.25) is 14.2 Å². The van der Waals surface area contributed by atoms with Gasteiger partial charge in [-0.2, -0.15) is 13.2 Å². The number of halogens is 5. The van der Waals surface area contributed by atoms with E-state index in [1.165, 1.54) is 0 Å². The highest BCUT2D eigenvalue weighted by Crippen LogP contribution is 2.38. The zero-order valence-corrected chi connectivity index (χ0v) is 28.4. The number of imidazole rings is 1. The number of hydrogen-bond acceptors (Lipinski definition) is 6. The lowest BCUT2D eigenvalue weighted by atomic mass is 9.85. The molecule has 2 aliphatic rings. The van der Waals surface area contributed by atoms with Gasteiger partial charge in [0.05, 0.1) is 22.2 Å². The van der Waals surface area contributed by atoms with E-state index >= 15 is 0 Å². The zero-order valence-electron chi connectivity index (χ0n) is 27.6. The van der Waals surface area contributed by atoms with Crippen molar-refractivity contribution in [3.05, 3.63) is 46.5 Å². The molecule has 260 valence electrons. The van der Waals surface area contributed by atoms with Crippen molar-refractivity contribution < 1.29 is 27.2 Å². The summed E-state index contributed by atoms with van der Waals surface area (Å²) in [6, 6.07) is 4.86. The van der Waals surface area contributed by atoms with Crippen LogP contribution in [0.5, 0.6) is 0 Å². The van der Waals surface area contributed by atoms with E-state index in [1.54, 1.807) is 23.8 Å². The smallest absolute Gasteiger partial charge is 0.356 e. The number of carbonyl (C=O) groups is 2. The Hall–Kier alpha value is -3.87. The van der Waals surface area contributed by atoms with Gasteiger partial charge in [-0.25, -0.2) is 14.4 Å². The molecule has 3 N–H and O–H groups in total. The Bertz CT molecular complexity index is 1690. The Balaban J connectivity index is 1.46. The van der Waals surface area contributed by atoms with Crippen molar-refractivity contribution in [3.63, 3.8) is 0 Å². The molecule has 5 rings (SSSR count). The molecule has 0 radical (unpaired) electrons. The number of alkyl halides is 4. The molecule has 2 fully saturated rings. The Morgan fingerprint density at radius 1 is 1.06 bits per heavy atom. The van der Waals surface area contributed by atoms with E-state index in [-0.39, 0.29) is 56.5 Å². The maximum absolute atomic E-state index is 14.1. The van der Waals surface area contributed by atoms with E-state index < -0.39 is 35.6 Å². The number of anilines is 3. The molecule has 2 amide bonds. The first kappa shape index (κ1) is 35.4. The van der Waals surface area contributed by atoms with E-state index in [0.29, 0.717) is 57.9 Å². The highest BCUT2D eigenvalue weighted by atomic mass is 35.5. The zero-order chi connectivity index (χ0) is 35.0. The number of aromatic nitrogens is 3. The van der Waals surface area contributed by atoms with Crippen LogP contribution in [0, 0.1) is 11.3 Å². The van der Waals surface area contributed by atoms with Gasteiger partial charge in [0.25, 0.3) is 5.91 Å². The molecular formula is C34H42ClF4N7O2. The molecule has 3 heterocycles. The minimum Gasteiger partial charge on any atom is -0.356 e. The molecule has 0 atom stereocenters. The summed E-state index contributed by atoms with van der Waals surface area (Å²) in [5.41, 5.74) is 2.41. The molecule has 1 saturated carbocycles. The van der Waals surface area contributed by atoms with Gasteiger partial charge in [-0.15, -0.1) is 0 Å². The summed E-state index contributed by atoms with van der Waals surface area (Å²) in [4.78, 5) is 37.6. The topological polar surface area (TPSA) is 104 Å². The van der Waals surface area contributed by atoms with E-state index in [9.17, 15) is 27.2 Å². The van der Waals surface area contributed by atoms with Crippen LogP contribution in [0.25, 0.3) is 17.2 Å². The van der Waals surface area contributed by atoms with Crippen LogP contribution in [0.3, 0.4) is 0 Å². The highest BCUT2D eigenvalue weighted by Gasteiger charge is 2.41. The number of pyridine rings is 1. The largest absolute Gasteiger partial charge is 0.391 e. The summed E-state index contributed by atoms with van der Waals surface area (Å²) in [7, 11) is 1.76. The molecule has 0 spiro atoms. The average Bonchev–Trinajstić information content (AvgIpc) is 3.34. The fourth-order valence-corrected chi connectivity index (χ4v) is 6.42. The van der Waals surface area contributed by atoms with Gasteiger partial charge in [0, 0.05) is 38.1 Å². The van der Waals surface area contributed by atoms with E-state index in [0.717, 1.165) is 0 Å². The lowest BCUT2D eigenvalue weighted by molar-refractivity contribution is -0.182. The molecule has 1 saturated heterocycles. The lowest BCUT2D eigenvalue weighted by Gasteiger charge is -2.32.